The molecule has 0 saturated carbocycles. The minimum absolute atomic E-state index is 0.501. The SMILES string of the molecule is CCCCN1CCC(NC(=NCc2cccs2)NCCc2ccco2)CC1. The third-order valence-electron chi connectivity index (χ3n) is 4.97. The maximum absolute atomic E-state index is 5.42. The Labute approximate surface area is 166 Å². The summed E-state index contributed by atoms with van der Waals surface area (Å²) in [7, 11) is 0. The highest BCUT2D eigenvalue weighted by molar-refractivity contribution is 7.09. The summed E-state index contributed by atoms with van der Waals surface area (Å²) in [5.41, 5.74) is 0. The second kappa shape index (κ2) is 11.1. The van der Waals surface area contributed by atoms with Gasteiger partial charge >= 0.3 is 0 Å². The molecule has 2 N–H and O–H groups in total. The first-order chi connectivity index (χ1) is 13.3. The van der Waals surface area contributed by atoms with Crippen molar-refractivity contribution < 1.29 is 4.42 Å². The van der Waals surface area contributed by atoms with E-state index in [1.165, 1.54) is 50.2 Å². The summed E-state index contributed by atoms with van der Waals surface area (Å²) in [6.45, 7) is 7.41. The Kier molecular flexibility index (Phi) is 8.24. The van der Waals surface area contributed by atoms with Crippen molar-refractivity contribution in [3.63, 3.8) is 0 Å². The largest absolute Gasteiger partial charge is 0.469 e. The molecule has 148 valence electrons. The van der Waals surface area contributed by atoms with Gasteiger partial charge in [0.05, 0.1) is 12.8 Å². The van der Waals surface area contributed by atoms with E-state index in [2.05, 4.69) is 40.0 Å². The van der Waals surface area contributed by atoms with Crippen molar-refractivity contribution in [2.75, 3.05) is 26.2 Å². The van der Waals surface area contributed by atoms with E-state index in [9.17, 15) is 0 Å². The lowest BCUT2D eigenvalue weighted by molar-refractivity contribution is 0.203. The zero-order valence-corrected chi connectivity index (χ0v) is 17.1. The summed E-state index contributed by atoms with van der Waals surface area (Å²) < 4.78 is 5.42. The van der Waals surface area contributed by atoms with E-state index < -0.39 is 0 Å². The van der Waals surface area contributed by atoms with Gasteiger partial charge in [0.15, 0.2) is 5.96 Å². The third kappa shape index (κ3) is 7.03. The average molecular weight is 389 g/mol. The number of piperidine rings is 1. The molecule has 1 aliphatic heterocycles. The fourth-order valence-electron chi connectivity index (χ4n) is 3.35. The lowest BCUT2D eigenvalue weighted by Gasteiger charge is -2.33. The predicted octanol–water partition coefficient (Wildman–Crippen LogP) is 3.88. The normalized spacial score (nSPS) is 16.6. The molecule has 2 aromatic rings. The van der Waals surface area contributed by atoms with Crippen molar-refractivity contribution in [1.29, 1.82) is 0 Å². The standard InChI is InChI=1S/C21H32N4OS/c1-2-3-12-25-13-9-18(10-14-25)24-21(23-17-20-7-5-16-27-20)22-11-8-19-6-4-15-26-19/h4-7,15-16,18H,2-3,8-14,17H2,1H3,(H2,22,23,24). The van der Waals surface area contributed by atoms with Crippen LogP contribution in [-0.2, 0) is 13.0 Å². The van der Waals surface area contributed by atoms with Crippen molar-refractivity contribution in [2.45, 2.75) is 51.6 Å². The zero-order valence-electron chi connectivity index (χ0n) is 16.3. The van der Waals surface area contributed by atoms with Gasteiger partial charge in [-0.3, -0.25) is 0 Å². The van der Waals surface area contributed by atoms with E-state index in [1.54, 1.807) is 17.6 Å². The van der Waals surface area contributed by atoms with E-state index >= 15 is 0 Å². The second-order valence-electron chi connectivity index (χ2n) is 7.11. The van der Waals surface area contributed by atoms with Crippen LogP contribution >= 0.6 is 11.3 Å². The highest BCUT2D eigenvalue weighted by atomic mass is 32.1. The van der Waals surface area contributed by atoms with Gasteiger partial charge in [0.25, 0.3) is 0 Å². The van der Waals surface area contributed by atoms with Crippen molar-refractivity contribution in [2.24, 2.45) is 4.99 Å². The van der Waals surface area contributed by atoms with Crippen LogP contribution in [0, 0.1) is 0 Å². The van der Waals surface area contributed by atoms with Gasteiger partial charge in [-0.1, -0.05) is 19.4 Å². The molecular formula is C21H32N4OS. The Hall–Kier alpha value is -1.79. The molecule has 5 nitrogen and oxygen atoms in total. The molecule has 0 aromatic carbocycles. The van der Waals surface area contributed by atoms with E-state index in [0.717, 1.165) is 31.2 Å². The maximum atomic E-state index is 5.42. The monoisotopic (exact) mass is 388 g/mol. The van der Waals surface area contributed by atoms with Gasteiger partial charge < -0.3 is 20.0 Å². The molecule has 1 fully saturated rings. The number of thiophene rings is 1. The fourth-order valence-corrected chi connectivity index (χ4v) is 3.98. The molecule has 3 rings (SSSR count). The summed E-state index contributed by atoms with van der Waals surface area (Å²) in [6.07, 6.45) is 7.54. The molecule has 0 bridgehead atoms. The van der Waals surface area contributed by atoms with Gasteiger partial charge in [-0.15, -0.1) is 11.3 Å². The molecule has 0 atom stereocenters. The maximum Gasteiger partial charge on any atom is 0.191 e. The highest BCUT2D eigenvalue weighted by Crippen LogP contribution is 2.12. The number of nitrogens with zero attached hydrogens (tertiary/aromatic N) is 2. The summed E-state index contributed by atoms with van der Waals surface area (Å²) in [5.74, 6) is 1.92. The van der Waals surface area contributed by atoms with Gasteiger partial charge in [0.2, 0.25) is 0 Å². The quantitative estimate of drug-likeness (QED) is 0.506. The van der Waals surface area contributed by atoms with Gasteiger partial charge in [-0.2, -0.15) is 0 Å². The number of furan rings is 1. The minimum Gasteiger partial charge on any atom is -0.469 e. The van der Waals surface area contributed by atoms with Crippen LogP contribution in [0.3, 0.4) is 0 Å². The summed E-state index contributed by atoms with van der Waals surface area (Å²) in [5, 5.41) is 9.25. The van der Waals surface area contributed by atoms with E-state index in [4.69, 9.17) is 9.41 Å². The molecule has 27 heavy (non-hydrogen) atoms. The number of hydrogen-bond donors (Lipinski definition) is 2. The molecule has 0 unspecified atom stereocenters. The molecular weight excluding hydrogens is 356 g/mol. The van der Waals surface area contributed by atoms with Crippen molar-refractivity contribution >= 4 is 17.3 Å². The second-order valence-corrected chi connectivity index (χ2v) is 8.15. The average Bonchev–Trinajstić information content (AvgIpc) is 3.39. The lowest BCUT2D eigenvalue weighted by atomic mass is 10.0. The number of likely N-dealkylation sites (tertiary alicyclic amines) is 1. The fraction of sp³-hybridized carbons (Fsp3) is 0.571. The number of aliphatic imine (C=N–C) groups is 1. The van der Waals surface area contributed by atoms with E-state index in [0.29, 0.717) is 6.04 Å². The van der Waals surface area contributed by atoms with Crippen LogP contribution in [-0.4, -0.2) is 43.1 Å². The number of rotatable bonds is 9. The van der Waals surface area contributed by atoms with Crippen LogP contribution in [0.15, 0.2) is 45.3 Å². The van der Waals surface area contributed by atoms with Crippen LogP contribution in [0.25, 0.3) is 0 Å². The molecule has 0 radical (unpaired) electrons. The zero-order chi connectivity index (χ0) is 18.7. The summed E-state index contributed by atoms with van der Waals surface area (Å²) in [4.78, 5) is 8.69. The van der Waals surface area contributed by atoms with Crippen LogP contribution < -0.4 is 10.6 Å². The van der Waals surface area contributed by atoms with Gasteiger partial charge in [0.1, 0.15) is 5.76 Å². The molecule has 0 spiro atoms. The summed E-state index contributed by atoms with van der Waals surface area (Å²) in [6, 6.07) is 8.68. The van der Waals surface area contributed by atoms with E-state index in [-0.39, 0.29) is 0 Å². The first-order valence-electron chi connectivity index (χ1n) is 10.2. The van der Waals surface area contributed by atoms with Crippen molar-refractivity contribution in [3.05, 3.63) is 46.5 Å². The number of guanidine groups is 1. The van der Waals surface area contributed by atoms with Gasteiger partial charge in [-0.05, 0) is 49.4 Å². The number of hydrogen-bond acceptors (Lipinski definition) is 4. The van der Waals surface area contributed by atoms with Crippen LogP contribution in [0.2, 0.25) is 0 Å². The first kappa shape index (κ1) is 20.0. The molecule has 3 heterocycles. The Morgan fingerprint density at radius 1 is 1.30 bits per heavy atom. The lowest BCUT2D eigenvalue weighted by Crippen LogP contribution is -2.49. The van der Waals surface area contributed by atoms with E-state index in [1.807, 2.05) is 12.1 Å². The Morgan fingerprint density at radius 3 is 2.89 bits per heavy atom. The highest BCUT2D eigenvalue weighted by Gasteiger charge is 2.19. The smallest absolute Gasteiger partial charge is 0.191 e. The van der Waals surface area contributed by atoms with Crippen molar-refractivity contribution in [3.8, 4) is 0 Å². The summed E-state index contributed by atoms with van der Waals surface area (Å²) >= 11 is 1.76. The minimum atomic E-state index is 0.501. The van der Waals surface area contributed by atoms with Crippen LogP contribution in [0.1, 0.15) is 43.2 Å². The number of nitrogens with one attached hydrogen (secondary N) is 2. The van der Waals surface area contributed by atoms with Crippen molar-refractivity contribution in [1.82, 2.24) is 15.5 Å². The van der Waals surface area contributed by atoms with Gasteiger partial charge in [-0.25, -0.2) is 4.99 Å². The Morgan fingerprint density at radius 2 is 2.19 bits per heavy atom. The van der Waals surface area contributed by atoms with Gasteiger partial charge in [0, 0.05) is 37.0 Å². The molecule has 1 aliphatic rings. The molecule has 6 heteroatoms. The topological polar surface area (TPSA) is 52.8 Å². The predicted molar refractivity (Wildman–Crippen MR) is 113 cm³/mol. The first-order valence-corrected chi connectivity index (χ1v) is 11.0. The Bertz CT molecular complexity index is 646. The Balaban J connectivity index is 1.49. The molecule has 1 saturated heterocycles. The molecule has 0 amide bonds. The van der Waals surface area contributed by atoms with Crippen LogP contribution in [0.5, 0.6) is 0 Å². The third-order valence-corrected chi connectivity index (χ3v) is 5.83. The molecule has 2 aromatic heterocycles. The van der Waals surface area contributed by atoms with Crippen LogP contribution in [0.4, 0.5) is 0 Å². The molecule has 0 aliphatic carbocycles. The number of unbranched alkanes of at least 4 members (excludes halogenated alkanes) is 1.